The lowest BCUT2D eigenvalue weighted by Crippen LogP contribution is -2.39. The fourth-order valence-electron chi connectivity index (χ4n) is 2.85. The molecule has 0 saturated heterocycles. The molecule has 1 unspecified atom stereocenters. The van der Waals surface area contributed by atoms with E-state index in [0.29, 0.717) is 12.1 Å². The molecule has 0 aromatic rings. The van der Waals surface area contributed by atoms with Gasteiger partial charge in [-0.25, -0.2) is 0 Å². The first-order valence-corrected chi connectivity index (χ1v) is 7.11. The molecule has 94 valence electrons. The molecule has 0 aliphatic heterocycles. The summed E-state index contributed by atoms with van der Waals surface area (Å²) in [4.78, 5) is 0. The Morgan fingerprint density at radius 1 is 1.19 bits per heavy atom. The standard InChI is InChI=1S/C15H29N/c1-4-5-10-13(2)16-14(3)15-11-8-6-7-9-12-15/h4,13-16H,1,5-12H2,2-3H3/t13?,14-/m1/s1. The minimum absolute atomic E-state index is 0.635. The second-order valence-corrected chi connectivity index (χ2v) is 5.47. The molecule has 0 aromatic heterocycles. The molecule has 0 radical (unpaired) electrons. The monoisotopic (exact) mass is 223 g/mol. The minimum Gasteiger partial charge on any atom is -0.311 e. The number of hydrogen-bond donors (Lipinski definition) is 1. The third-order valence-electron chi connectivity index (χ3n) is 3.96. The zero-order chi connectivity index (χ0) is 11.8. The van der Waals surface area contributed by atoms with Crippen LogP contribution in [0.25, 0.3) is 0 Å². The Morgan fingerprint density at radius 3 is 2.38 bits per heavy atom. The summed E-state index contributed by atoms with van der Waals surface area (Å²) in [6.07, 6.45) is 13.0. The lowest BCUT2D eigenvalue weighted by molar-refractivity contribution is 0.309. The highest BCUT2D eigenvalue weighted by Gasteiger charge is 2.19. The van der Waals surface area contributed by atoms with E-state index in [9.17, 15) is 0 Å². The molecule has 0 aromatic carbocycles. The van der Waals surface area contributed by atoms with Gasteiger partial charge in [0, 0.05) is 12.1 Å². The van der Waals surface area contributed by atoms with Crippen LogP contribution in [0.1, 0.15) is 65.2 Å². The van der Waals surface area contributed by atoms with Crippen molar-refractivity contribution in [1.82, 2.24) is 5.32 Å². The predicted octanol–water partition coefficient (Wildman–Crippen LogP) is 4.29. The first-order chi connectivity index (χ1) is 7.74. The second-order valence-electron chi connectivity index (χ2n) is 5.47. The van der Waals surface area contributed by atoms with E-state index in [0.717, 1.165) is 12.3 Å². The van der Waals surface area contributed by atoms with E-state index in [-0.39, 0.29) is 0 Å². The van der Waals surface area contributed by atoms with Gasteiger partial charge in [-0.3, -0.25) is 0 Å². The number of hydrogen-bond acceptors (Lipinski definition) is 1. The van der Waals surface area contributed by atoms with Crippen LogP contribution in [0.5, 0.6) is 0 Å². The molecule has 1 nitrogen and oxygen atoms in total. The van der Waals surface area contributed by atoms with Crippen molar-refractivity contribution in [2.24, 2.45) is 5.92 Å². The van der Waals surface area contributed by atoms with Gasteiger partial charge in [0.15, 0.2) is 0 Å². The molecular weight excluding hydrogens is 194 g/mol. The molecule has 1 rings (SSSR count). The summed E-state index contributed by atoms with van der Waals surface area (Å²) in [7, 11) is 0. The van der Waals surface area contributed by atoms with Gasteiger partial charge in [-0.05, 0) is 45.4 Å². The summed E-state index contributed by atoms with van der Waals surface area (Å²) in [5.74, 6) is 0.911. The van der Waals surface area contributed by atoms with Crippen molar-refractivity contribution >= 4 is 0 Å². The normalized spacial score (nSPS) is 22.4. The Labute approximate surface area is 102 Å². The van der Waals surface area contributed by atoms with Crippen LogP contribution in [-0.4, -0.2) is 12.1 Å². The summed E-state index contributed by atoms with van der Waals surface area (Å²) in [6.45, 7) is 8.46. The van der Waals surface area contributed by atoms with Crippen LogP contribution >= 0.6 is 0 Å². The van der Waals surface area contributed by atoms with Gasteiger partial charge < -0.3 is 5.32 Å². The fraction of sp³-hybridized carbons (Fsp3) is 0.867. The zero-order valence-corrected chi connectivity index (χ0v) is 11.2. The van der Waals surface area contributed by atoms with Crippen molar-refractivity contribution in [2.45, 2.75) is 77.3 Å². The second kappa shape index (κ2) is 7.89. The van der Waals surface area contributed by atoms with Gasteiger partial charge in [-0.15, -0.1) is 6.58 Å². The Kier molecular flexibility index (Phi) is 6.79. The molecule has 0 heterocycles. The lowest BCUT2D eigenvalue weighted by atomic mass is 9.92. The number of allylic oxidation sites excluding steroid dienone is 1. The van der Waals surface area contributed by atoms with Gasteiger partial charge in [-0.2, -0.15) is 0 Å². The first-order valence-electron chi connectivity index (χ1n) is 7.11. The highest BCUT2D eigenvalue weighted by molar-refractivity contribution is 4.79. The minimum atomic E-state index is 0.635. The Hall–Kier alpha value is -0.300. The molecule has 16 heavy (non-hydrogen) atoms. The van der Waals surface area contributed by atoms with Crippen molar-refractivity contribution in [3.63, 3.8) is 0 Å². The molecule has 1 saturated carbocycles. The molecule has 2 atom stereocenters. The van der Waals surface area contributed by atoms with Crippen molar-refractivity contribution in [1.29, 1.82) is 0 Å². The Bertz CT molecular complexity index is 180. The van der Waals surface area contributed by atoms with E-state index in [2.05, 4.69) is 25.7 Å². The van der Waals surface area contributed by atoms with E-state index < -0.39 is 0 Å². The van der Waals surface area contributed by atoms with E-state index in [1.165, 1.54) is 44.9 Å². The molecule has 1 N–H and O–H groups in total. The predicted molar refractivity (Wildman–Crippen MR) is 72.7 cm³/mol. The van der Waals surface area contributed by atoms with Gasteiger partial charge in [0.25, 0.3) is 0 Å². The van der Waals surface area contributed by atoms with Crippen molar-refractivity contribution < 1.29 is 0 Å². The van der Waals surface area contributed by atoms with E-state index in [4.69, 9.17) is 0 Å². The highest BCUT2D eigenvalue weighted by atomic mass is 14.9. The third-order valence-corrected chi connectivity index (χ3v) is 3.96. The molecular formula is C15H29N. The molecule has 1 aliphatic carbocycles. The quantitative estimate of drug-likeness (QED) is 0.523. The highest BCUT2D eigenvalue weighted by Crippen LogP contribution is 2.25. The molecule has 0 spiro atoms. The summed E-state index contributed by atoms with van der Waals surface area (Å²) in [6, 6.07) is 1.33. The summed E-state index contributed by atoms with van der Waals surface area (Å²) in [5, 5.41) is 3.76. The van der Waals surface area contributed by atoms with Crippen molar-refractivity contribution in [3.05, 3.63) is 12.7 Å². The number of rotatable bonds is 6. The van der Waals surface area contributed by atoms with Crippen LogP contribution in [0.15, 0.2) is 12.7 Å². The maximum atomic E-state index is 3.79. The van der Waals surface area contributed by atoms with E-state index in [1.807, 2.05) is 6.08 Å². The zero-order valence-electron chi connectivity index (χ0n) is 11.2. The fourth-order valence-corrected chi connectivity index (χ4v) is 2.85. The maximum absolute atomic E-state index is 3.79. The van der Waals surface area contributed by atoms with Gasteiger partial charge in [0.2, 0.25) is 0 Å². The molecule has 1 fully saturated rings. The van der Waals surface area contributed by atoms with Gasteiger partial charge in [0.1, 0.15) is 0 Å². The van der Waals surface area contributed by atoms with Crippen LogP contribution in [-0.2, 0) is 0 Å². The van der Waals surface area contributed by atoms with Crippen molar-refractivity contribution in [3.8, 4) is 0 Å². The van der Waals surface area contributed by atoms with E-state index in [1.54, 1.807) is 0 Å². The van der Waals surface area contributed by atoms with E-state index >= 15 is 0 Å². The van der Waals surface area contributed by atoms with Crippen LogP contribution in [0.3, 0.4) is 0 Å². The number of nitrogens with one attached hydrogen (secondary N) is 1. The average Bonchev–Trinajstić information content (AvgIpc) is 2.54. The lowest BCUT2D eigenvalue weighted by Gasteiger charge is -2.27. The molecule has 1 heteroatoms. The molecule has 1 aliphatic rings. The van der Waals surface area contributed by atoms with Crippen molar-refractivity contribution in [2.75, 3.05) is 0 Å². The van der Waals surface area contributed by atoms with Crippen LogP contribution in [0.4, 0.5) is 0 Å². The SMILES string of the molecule is C=CCCC(C)N[C@H](C)C1CCCCCC1. The average molecular weight is 223 g/mol. The van der Waals surface area contributed by atoms with Crippen LogP contribution in [0, 0.1) is 5.92 Å². The van der Waals surface area contributed by atoms with Crippen LogP contribution < -0.4 is 5.32 Å². The van der Waals surface area contributed by atoms with Gasteiger partial charge >= 0.3 is 0 Å². The third kappa shape index (κ3) is 5.16. The van der Waals surface area contributed by atoms with Crippen LogP contribution in [0.2, 0.25) is 0 Å². The molecule has 0 bridgehead atoms. The Balaban J connectivity index is 2.25. The van der Waals surface area contributed by atoms with Gasteiger partial charge in [-0.1, -0.05) is 31.8 Å². The van der Waals surface area contributed by atoms with Gasteiger partial charge in [0.05, 0.1) is 0 Å². The summed E-state index contributed by atoms with van der Waals surface area (Å²) in [5.41, 5.74) is 0. The summed E-state index contributed by atoms with van der Waals surface area (Å²) >= 11 is 0. The maximum Gasteiger partial charge on any atom is 0.00694 e. The molecule has 0 amide bonds. The first kappa shape index (κ1) is 13.8. The largest absolute Gasteiger partial charge is 0.311 e. The topological polar surface area (TPSA) is 12.0 Å². The smallest absolute Gasteiger partial charge is 0.00694 e. The summed E-state index contributed by atoms with van der Waals surface area (Å²) < 4.78 is 0. The Morgan fingerprint density at radius 2 is 1.81 bits per heavy atom.